The Morgan fingerprint density at radius 2 is 1.46 bits per heavy atom. The molecule has 0 aliphatic heterocycles. The number of methoxy groups -OCH3 is 2. The Bertz CT molecular complexity index is 885. The van der Waals surface area contributed by atoms with E-state index >= 15 is 0 Å². The summed E-state index contributed by atoms with van der Waals surface area (Å²) in [6, 6.07) is 15.1. The number of hydrazone groups is 1. The fourth-order valence-corrected chi connectivity index (χ4v) is 2.06. The Labute approximate surface area is 150 Å². The van der Waals surface area contributed by atoms with E-state index in [2.05, 4.69) is 25.8 Å². The van der Waals surface area contributed by atoms with Gasteiger partial charge in [-0.15, -0.1) is 10.2 Å². The molecule has 0 bridgehead atoms. The Balaban J connectivity index is 1.63. The van der Waals surface area contributed by atoms with Crippen LogP contribution in [0, 0.1) is 0 Å². The van der Waals surface area contributed by atoms with Crippen molar-refractivity contribution in [1.82, 2.24) is 14.9 Å². The molecule has 0 spiro atoms. The second-order valence-electron chi connectivity index (χ2n) is 5.16. The standard InChI is InChI=1S/C18H18N6O2/c1-25-16-7-3-14(4-8-16)11-19-22-18-23-20-13-24(18)21-12-15-5-9-17(26-2)10-6-15/h3-13H,1-2H3,(H,22,23)/b19-11?,21-12+. The predicted octanol–water partition coefficient (Wildman–Crippen LogP) is 2.62. The van der Waals surface area contributed by atoms with Crippen molar-refractivity contribution in [2.45, 2.75) is 0 Å². The van der Waals surface area contributed by atoms with Gasteiger partial charge >= 0.3 is 0 Å². The van der Waals surface area contributed by atoms with Crippen LogP contribution in [-0.2, 0) is 0 Å². The van der Waals surface area contributed by atoms with Gasteiger partial charge in [0.2, 0.25) is 0 Å². The van der Waals surface area contributed by atoms with Gasteiger partial charge < -0.3 is 9.47 Å². The Morgan fingerprint density at radius 1 is 0.885 bits per heavy atom. The molecule has 3 rings (SSSR count). The predicted molar refractivity (Wildman–Crippen MR) is 100 cm³/mol. The summed E-state index contributed by atoms with van der Waals surface area (Å²) < 4.78 is 11.7. The third kappa shape index (κ3) is 4.44. The highest BCUT2D eigenvalue weighted by molar-refractivity contribution is 5.80. The van der Waals surface area contributed by atoms with E-state index in [1.165, 1.54) is 11.0 Å². The first-order valence-electron chi connectivity index (χ1n) is 7.80. The summed E-state index contributed by atoms with van der Waals surface area (Å²) in [4.78, 5) is 0. The minimum Gasteiger partial charge on any atom is -0.497 e. The summed E-state index contributed by atoms with van der Waals surface area (Å²) in [7, 11) is 3.26. The molecule has 0 fully saturated rings. The van der Waals surface area contributed by atoms with Crippen molar-refractivity contribution in [3.8, 4) is 11.5 Å². The second kappa shape index (κ2) is 8.43. The average molecular weight is 350 g/mol. The smallest absolute Gasteiger partial charge is 0.265 e. The van der Waals surface area contributed by atoms with Crippen LogP contribution >= 0.6 is 0 Å². The lowest BCUT2D eigenvalue weighted by atomic mass is 10.2. The van der Waals surface area contributed by atoms with Crippen LogP contribution in [0.4, 0.5) is 5.95 Å². The zero-order chi connectivity index (χ0) is 18.2. The molecule has 0 unspecified atom stereocenters. The zero-order valence-electron chi connectivity index (χ0n) is 14.4. The van der Waals surface area contributed by atoms with Crippen molar-refractivity contribution in [2.24, 2.45) is 10.2 Å². The van der Waals surface area contributed by atoms with E-state index in [9.17, 15) is 0 Å². The fraction of sp³-hybridized carbons (Fsp3) is 0.111. The summed E-state index contributed by atoms with van der Waals surface area (Å²) in [6.07, 6.45) is 4.86. The largest absolute Gasteiger partial charge is 0.497 e. The number of hydrogen-bond acceptors (Lipinski definition) is 7. The number of anilines is 1. The van der Waals surface area contributed by atoms with E-state index < -0.39 is 0 Å². The molecule has 1 N–H and O–H groups in total. The first kappa shape index (κ1) is 17.2. The van der Waals surface area contributed by atoms with Crippen LogP contribution in [0.25, 0.3) is 0 Å². The number of nitrogens with one attached hydrogen (secondary N) is 1. The minimum absolute atomic E-state index is 0.402. The van der Waals surface area contributed by atoms with Crippen LogP contribution in [0.2, 0.25) is 0 Å². The van der Waals surface area contributed by atoms with Crippen molar-refractivity contribution in [1.29, 1.82) is 0 Å². The Hall–Kier alpha value is -3.68. The number of benzene rings is 2. The molecule has 0 amide bonds. The molecular formula is C18H18N6O2. The molecule has 0 radical (unpaired) electrons. The highest BCUT2D eigenvalue weighted by Crippen LogP contribution is 2.11. The van der Waals surface area contributed by atoms with Crippen LogP contribution < -0.4 is 14.9 Å². The van der Waals surface area contributed by atoms with Gasteiger partial charge in [0, 0.05) is 0 Å². The van der Waals surface area contributed by atoms with Crippen molar-refractivity contribution in [3.63, 3.8) is 0 Å². The molecule has 0 aliphatic carbocycles. The maximum absolute atomic E-state index is 5.13. The summed E-state index contributed by atoms with van der Waals surface area (Å²) >= 11 is 0. The van der Waals surface area contributed by atoms with Gasteiger partial charge in [-0.2, -0.15) is 14.9 Å². The van der Waals surface area contributed by atoms with Gasteiger partial charge in [0.05, 0.1) is 26.6 Å². The molecule has 1 aromatic heterocycles. The van der Waals surface area contributed by atoms with Crippen molar-refractivity contribution in [3.05, 3.63) is 66.0 Å². The lowest BCUT2D eigenvalue weighted by Crippen LogP contribution is -1.99. The molecule has 1 heterocycles. The van der Waals surface area contributed by atoms with E-state index in [-0.39, 0.29) is 0 Å². The molecule has 26 heavy (non-hydrogen) atoms. The summed E-state index contributed by atoms with van der Waals surface area (Å²) in [5, 5.41) is 16.2. The van der Waals surface area contributed by atoms with E-state index in [0.717, 1.165) is 22.6 Å². The van der Waals surface area contributed by atoms with Gasteiger partial charge in [-0.25, -0.2) is 5.43 Å². The Kier molecular flexibility index (Phi) is 5.56. The maximum atomic E-state index is 5.13. The van der Waals surface area contributed by atoms with Crippen molar-refractivity contribution >= 4 is 18.4 Å². The lowest BCUT2D eigenvalue weighted by molar-refractivity contribution is 0.414. The molecular weight excluding hydrogens is 332 g/mol. The third-order valence-corrected chi connectivity index (χ3v) is 3.47. The minimum atomic E-state index is 0.402. The number of nitrogens with zero attached hydrogens (tertiary/aromatic N) is 5. The monoisotopic (exact) mass is 350 g/mol. The molecule has 8 heteroatoms. The second-order valence-corrected chi connectivity index (χ2v) is 5.16. The molecule has 8 nitrogen and oxygen atoms in total. The van der Waals surface area contributed by atoms with E-state index in [4.69, 9.17) is 9.47 Å². The van der Waals surface area contributed by atoms with E-state index in [1.54, 1.807) is 26.6 Å². The first-order valence-corrected chi connectivity index (χ1v) is 7.80. The molecule has 0 atom stereocenters. The topological polar surface area (TPSA) is 85.9 Å². The molecule has 3 aromatic rings. The third-order valence-electron chi connectivity index (χ3n) is 3.47. The van der Waals surface area contributed by atoms with E-state index in [0.29, 0.717) is 5.95 Å². The van der Waals surface area contributed by atoms with E-state index in [1.807, 2.05) is 48.5 Å². The van der Waals surface area contributed by atoms with Gasteiger partial charge in [0.1, 0.15) is 17.8 Å². The average Bonchev–Trinajstić information content (AvgIpc) is 3.14. The SMILES string of the molecule is COc1ccc(C=NNc2nncn2/N=C/c2ccc(OC)cc2)cc1. The fourth-order valence-electron chi connectivity index (χ4n) is 2.06. The highest BCUT2D eigenvalue weighted by atomic mass is 16.5. The normalized spacial score (nSPS) is 11.2. The van der Waals surface area contributed by atoms with Crippen LogP contribution in [0.1, 0.15) is 11.1 Å². The van der Waals surface area contributed by atoms with Crippen LogP contribution in [-0.4, -0.2) is 41.5 Å². The summed E-state index contributed by atoms with van der Waals surface area (Å²) in [5.41, 5.74) is 4.66. The lowest BCUT2D eigenvalue weighted by Gasteiger charge is -2.01. The van der Waals surface area contributed by atoms with Crippen LogP contribution in [0.15, 0.2) is 65.1 Å². The number of hydrogen-bond donors (Lipinski definition) is 1. The maximum Gasteiger partial charge on any atom is 0.265 e. The molecule has 132 valence electrons. The molecule has 2 aromatic carbocycles. The zero-order valence-corrected chi connectivity index (χ0v) is 14.4. The van der Waals surface area contributed by atoms with Crippen LogP contribution in [0.5, 0.6) is 11.5 Å². The van der Waals surface area contributed by atoms with Crippen molar-refractivity contribution in [2.75, 3.05) is 19.6 Å². The quantitative estimate of drug-likeness (QED) is 0.523. The molecule has 0 saturated heterocycles. The number of ether oxygens (including phenoxy) is 2. The van der Waals surface area contributed by atoms with Gasteiger partial charge in [-0.1, -0.05) is 0 Å². The van der Waals surface area contributed by atoms with Gasteiger partial charge in [-0.3, -0.25) is 0 Å². The molecule has 0 saturated carbocycles. The molecule has 0 aliphatic rings. The van der Waals surface area contributed by atoms with Gasteiger partial charge in [-0.05, 0) is 59.7 Å². The summed E-state index contributed by atoms with van der Waals surface area (Å²) in [6.45, 7) is 0. The van der Waals surface area contributed by atoms with Gasteiger partial charge in [0.25, 0.3) is 5.95 Å². The Morgan fingerprint density at radius 3 is 2.04 bits per heavy atom. The van der Waals surface area contributed by atoms with Crippen molar-refractivity contribution < 1.29 is 9.47 Å². The number of rotatable bonds is 7. The first-order chi connectivity index (χ1) is 12.8. The highest BCUT2D eigenvalue weighted by Gasteiger charge is 2.00. The van der Waals surface area contributed by atoms with Crippen LogP contribution in [0.3, 0.4) is 0 Å². The van der Waals surface area contributed by atoms with Gasteiger partial charge in [0.15, 0.2) is 0 Å². The number of aromatic nitrogens is 3. The summed E-state index contributed by atoms with van der Waals surface area (Å²) in [5.74, 6) is 1.99.